The van der Waals surface area contributed by atoms with E-state index in [4.69, 9.17) is 15.3 Å². The first-order chi connectivity index (χ1) is 6.24. The second kappa shape index (κ2) is 13.9. The zero-order valence-corrected chi connectivity index (χ0v) is 8.50. The van der Waals surface area contributed by atoms with Gasteiger partial charge in [0, 0.05) is 5.41 Å². The number of aliphatic hydroxyl groups is 3. The molecule has 3 N–H and O–H groups in total. The predicted molar refractivity (Wildman–Crippen MR) is 56.5 cm³/mol. The highest BCUT2D eigenvalue weighted by Crippen LogP contribution is 2.18. The van der Waals surface area contributed by atoms with E-state index in [-0.39, 0.29) is 19.8 Å². The monoisotopic (exact) mass is 190 g/mol. The second-order valence-electron chi connectivity index (χ2n) is 2.33. The summed E-state index contributed by atoms with van der Waals surface area (Å²) in [6, 6.07) is 0. The number of aliphatic hydroxyl groups excluding tert-OH is 3. The van der Waals surface area contributed by atoms with Crippen LogP contribution in [0.25, 0.3) is 0 Å². The maximum absolute atomic E-state index is 8.66. The van der Waals surface area contributed by atoms with E-state index in [0.717, 1.165) is 0 Å². The summed E-state index contributed by atoms with van der Waals surface area (Å²) >= 11 is 0. The lowest BCUT2D eigenvalue weighted by atomic mass is 9.88. The molecule has 0 spiro atoms. The minimum absolute atomic E-state index is 0.156. The molecule has 0 saturated carbocycles. The Kier molecular flexibility index (Phi) is 19.5. The van der Waals surface area contributed by atoms with Crippen LogP contribution in [0.15, 0.2) is 26.3 Å². The normalized spacial score (nSPS) is 8.92. The van der Waals surface area contributed by atoms with Gasteiger partial charge >= 0.3 is 0 Å². The average molecular weight is 190 g/mol. The first-order valence-corrected chi connectivity index (χ1v) is 4.07. The fourth-order valence-corrected chi connectivity index (χ4v) is 0.485. The van der Waals surface area contributed by atoms with Gasteiger partial charge in [0.25, 0.3) is 0 Å². The molecule has 3 nitrogen and oxygen atoms in total. The van der Waals surface area contributed by atoms with Gasteiger partial charge in [0.05, 0.1) is 19.8 Å². The first-order valence-electron chi connectivity index (χ1n) is 4.07. The molecule has 0 atom stereocenters. The minimum atomic E-state index is -0.667. The van der Waals surface area contributed by atoms with Crippen LogP contribution in [0.3, 0.4) is 0 Å². The quantitative estimate of drug-likeness (QED) is 0.579. The Balaban J connectivity index is -0.000000218. The van der Waals surface area contributed by atoms with E-state index >= 15 is 0 Å². The minimum Gasteiger partial charge on any atom is -0.396 e. The highest BCUT2D eigenvalue weighted by Gasteiger charge is 2.24. The lowest BCUT2D eigenvalue weighted by Crippen LogP contribution is -2.32. The summed E-state index contributed by atoms with van der Waals surface area (Å²) in [5.41, 5.74) is -0.667. The summed E-state index contributed by atoms with van der Waals surface area (Å²) < 4.78 is 0. The van der Waals surface area contributed by atoms with Gasteiger partial charge in [0.15, 0.2) is 0 Å². The molecular formula is C10H22O3. The van der Waals surface area contributed by atoms with Gasteiger partial charge in [-0.25, -0.2) is 0 Å². The summed E-state index contributed by atoms with van der Waals surface area (Å²) in [6.07, 6.45) is 0.594. The molecule has 0 aliphatic carbocycles. The third kappa shape index (κ3) is 7.71. The van der Waals surface area contributed by atoms with Crippen molar-refractivity contribution in [2.75, 3.05) is 19.8 Å². The van der Waals surface area contributed by atoms with E-state index in [2.05, 4.69) is 26.3 Å². The van der Waals surface area contributed by atoms with Crippen LogP contribution in [0.5, 0.6) is 0 Å². The summed E-state index contributed by atoms with van der Waals surface area (Å²) in [7, 11) is 0. The van der Waals surface area contributed by atoms with E-state index in [0.29, 0.717) is 6.42 Å². The molecule has 0 radical (unpaired) electrons. The summed E-state index contributed by atoms with van der Waals surface area (Å²) in [6.45, 7) is 13.4. The SMILES string of the molecule is C=C.C=C.CCC(CO)(CO)CO. The zero-order valence-electron chi connectivity index (χ0n) is 8.50. The lowest BCUT2D eigenvalue weighted by molar-refractivity contribution is 0.00304. The Labute approximate surface area is 81.0 Å². The predicted octanol–water partition coefficient (Wildman–Crippen LogP) is 0.964. The van der Waals surface area contributed by atoms with Gasteiger partial charge in [-0.05, 0) is 6.42 Å². The van der Waals surface area contributed by atoms with E-state index in [1.807, 2.05) is 6.92 Å². The maximum atomic E-state index is 8.66. The molecule has 13 heavy (non-hydrogen) atoms. The Morgan fingerprint density at radius 3 is 1.08 bits per heavy atom. The largest absolute Gasteiger partial charge is 0.396 e. The Hall–Kier alpha value is -0.640. The maximum Gasteiger partial charge on any atom is 0.0531 e. The third-order valence-electron chi connectivity index (χ3n) is 1.76. The van der Waals surface area contributed by atoms with Crippen LogP contribution in [-0.4, -0.2) is 35.1 Å². The van der Waals surface area contributed by atoms with Crippen LogP contribution in [0, 0.1) is 5.41 Å². The van der Waals surface area contributed by atoms with E-state index in [1.54, 1.807) is 0 Å². The molecule has 0 fully saturated rings. The Bertz CT molecular complexity index is 70.7. The fraction of sp³-hybridized carbons (Fsp3) is 0.600. The fourth-order valence-electron chi connectivity index (χ4n) is 0.485. The number of hydrogen-bond donors (Lipinski definition) is 3. The van der Waals surface area contributed by atoms with Crippen molar-refractivity contribution < 1.29 is 15.3 Å². The number of hydrogen-bond acceptors (Lipinski definition) is 3. The lowest BCUT2D eigenvalue weighted by Gasteiger charge is -2.24. The smallest absolute Gasteiger partial charge is 0.0531 e. The van der Waals surface area contributed by atoms with Crippen molar-refractivity contribution in [2.24, 2.45) is 5.41 Å². The van der Waals surface area contributed by atoms with Gasteiger partial charge < -0.3 is 15.3 Å². The highest BCUT2D eigenvalue weighted by molar-refractivity contribution is 4.74. The highest BCUT2D eigenvalue weighted by atomic mass is 16.3. The van der Waals surface area contributed by atoms with Gasteiger partial charge in [-0.2, -0.15) is 0 Å². The van der Waals surface area contributed by atoms with Crippen molar-refractivity contribution in [3.63, 3.8) is 0 Å². The van der Waals surface area contributed by atoms with Crippen molar-refractivity contribution in [3.8, 4) is 0 Å². The van der Waals surface area contributed by atoms with E-state index in [1.165, 1.54) is 0 Å². The summed E-state index contributed by atoms with van der Waals surface area (Å²) in [5, 5.41) is 26.0. The van der Waals surface area contributed by atoms with Gasteiger partial charge in [0.2, 0.25) is 0 Å². The molecule has 0 aliphatic heterocycles. The van der Waals surface area contributed by atoms with E-state index < -0.39 is 5.41 Å². The van der Waals surface area contributed by atoms with Crippen LogP contribution in [0.4, 0.5) is 0 Å². The molecule has 3 heteroatoms. The molecule has 0 rings (SSSR count). The molecule has 0 aromatic rings. The van der Waals surface area contributed by atoms with Crippen molar-refractivity contribution in [1.29, 1.82) is 0 Å². The van der Waals surface area contributed by atoms with E-state index in [9.17, 15) is 0 Å². The topological polar surface area (TPSA) is 60.7 Å². The van der Waals surface area contributed by atoms with Crippen LogP contribution in [0.1, 0.15) is 13.3 Å². The molecule has 0 bridgehead atoms. The molecule has 0 saturated heterocycles. The van der Waals surface area contributed by atoms with Gasteiger partial charge in [-0.15, -0.1) is 26.3 Å². The second-order valence-corrected chi connectivity index (χ2v) is 2.33. The average Bonchev–Trinajstić information content (AvgIpc) is 2.28. The number of rotatable bonds is 4. The van der Waals surface area contributed by atoms with Crippen LogP contribution in [-0.2, 0) is 0 Å². The summed E-state index contributed by atoms with van der Waals surface area (Å²) in [4.78, 5) is 0. The van der Waals surface area contributed by atoms with Crippen molar-refractivity contribution in [1.82, 2.24) is 0 Å². The first kappa shape index (κ1) is 18.2. The molecule has 0 aliphatic rings. The molecule has 0 heterocycles. The Morgan fingerprint density at radius 1 is 0.846 bits per heavy atom. The standard InChI is InChI=1S/C6H14O3.2C2H4/c1-2-6(3-7,4-8)5-9;2*1-2/h7-9H,2-5H2,1H3;2*1-2H2. The molecule has 0 amide bonds. The van der Waals surface area contributed by atoms with Crippen molar-refractivity contribution in [3.05, 3.63) is 26.3 Å². The van der Waals surface area contributed by atoms with Crippen molar-refractivity contribution in [2.45, 2.75) is 13.3 Å². The van der Waals surface area contributed by atoms with Gasteiger partial charge in [-0.3, -0.25) is 0 Å². The third-order valence-corrected chi connectivity index (χ3v) is 1.76. The van der Waals surface area contributed by atoms with Crippen LogP contribution in [0.2, 0.25) is 0 Å². The molecular weight excluding hydrogens is 168 g/mol. The van der Waals surface area contributed by atoms with Crippen LogP contribution < -0.4 is 0 Å². The zero-order chi connectivity index (χ0) is 11.3. The molecule has 0 aromatic heterocycles. The molecule has 0 unspecified atom stereocenters. The van der Waals surface area contributed by atoms with Crippen LogP contribution >= 0.6 is 0 Å². The van der Waals surface area contributed by atoms with Gasteiger partial charge in [0.1, 0.15) is 0 Å². The van der Waals surface area contributed by atoms with Gasteiger partial charge in [-0.1, -0.05) is 6.92 Å². The molecule has 0 aromatic carbocycles. The van der Waals surface area contributed by atoms with Crippen molar-refractivity contribution >= 4 is 0 Å². The summed E-state index contributed by atoms with van der Waals surface area (Å²) in [5.74, 6) is 0. The Morgan fingerprint density at radius 2 is 1.08 bits per heavy atom. The molecule has 80 valence electrons.